The third-order valence-corrected chi connectivity index (χ3v) is 2.39. The second kappa shape index (κ2) is 4.33. The number of benzene rings is 2. The number of halogens is 2. The summed E-state index contributed by atoms with van der Waals surface area (Å²) >= 11 is 0. The van der Waals surface area contributed by atoms with Crippen LogP contribution in [-0.2, 0) is 0 Å². The Bertz CT molecular complexity index is 565. The first-order valence-corrected chi connectivity index (χ1v) is 4.88. The number of aromatic carboxylic acids is 1. The average Bonchev–Trinajstić information content (AvgIpc) is 2.33. The van der Waals surface area contributed by atoms with Gasteiger partial charge in [0, 0.05) is 0 Å². The predicted molar refractivity (Wildman–Crippen MR) is 58.8 cm³/mol. The first kappa shape index (κ1) is 11.3. The number of rotatable bonds is 2. The lowest BCUT2D eigenvalue weighted by atomic mass is 9.99. The Labute approximate surface area is 96.1 Å². The maximum atomic E-state index is 13.4. The highest BCUT2D eigenvalue weighted by molar-refractivity contribution is 5.96. The number of carboxylic acids is 1. The zero-order valence-corrected chi connectivity index (χ0v) is 8.65. The van der Waals surface area contributed by atoms with Gasteiger partial charge in [0.1, 0.15) is 5.56 Å². The van der Waals surface area contributed by atoms with Gasteiger partial charge in [0.15, 0.2) is 11.6 Å². The summed E-state index contributed by atoms with van der Waals surface area (Å²) in [6, 6.07) is 10.6. The Balaban J connectivity index is 2.71. The summed E-state index contributed by atoms with van der Waals surface area (Å²) in [6.45, 7) is 0. The summed E-state index contributed by atoms with van der Waals surface area (Å²) < 4.78 is 26.4. The van der Waals surface area contributed by atoms with Gasteiger partial charge in [-0.1, -0.05) is 36.4 Å². The fraction of sp³-hybridized carbons (Fsp3) is 0. The van der Waals surface area contributed by atoms with Crippen LogP contribution in [0, 0.1) is 11.6 Å². The van der Waals surface area contributed by atoms with E-state index >= 15 is 0 Å². The van der Waals surface area contributed by atoms with Gasteiger partial charge in [-0.25, -0.2) is 13.6 Å². The molecule has 2 aromatic rings. The second-order valence-corrected chi connectivity index (χ2v) is 3.46. The minimum atomic E-state index is -1.49. The van der Waals surface area contributed by atoms with Gasteiger partial charge >= 0.3 is 5.97 Å². The lowest BCUT2D eigenvalue weighted by Gasteiger charge is -2.07. The molecule has 0 aliphatic rings. The standard InChI is InChI=1S/C13H8F2O2/c14-10-7-6-9(8-4-2-1-3-5-8)11(12(10)15)13(16)17/h1-7H,(H,16,17). The first-order valence-electron chi connectivity index (χ1n) is 4.88. The lowest BCUT2D eigenvalue weighted by Crippen LogP contribution is -2.05. The van der Waals surface area contributed by atoms with Crippen molar-refractivity contribution in [3.8, 4) is 11.1 Å². The van der Waals surface area contributed by atoms with E-state index in [-0.39, 0.29) is 5.56 Å². The highest BCUT2D eigenvalue weighted by Crippen LogP contribution is 2.27. The van der Waals surface area contributed by atoms with Crippen LogP contribution >= 0.6 is 0 Å². The molecule has 4 heteroatoms. The van der Waals surface area contributed by atoms with Gasteiger partial charge in [-0.05, 0) is 17.2 Å². The topological polar surface area (TPSA) is 37.3 Å². The van der Waals surface area contributed by atoms with E-state index in [0.29, 0.717) is 5.56 Å². The van der Waals surface area contributed by atoms with E-state index < -0.39 is 23.2 Å². The van der Waals surface area contributed by atoms with E-state index in [1.54, 1.807) is 30.3 Å². The third kappa shape index (κ3) is 2.01. The fourth-order valence-electron chi connectivity index (χ4n) is 1.62. The maximum Gasteiger partial charge on any atom is 0.339 e. The van der Waals surface area contributed by atoms with Gasteiger partial charge in [-0.2, -0.15) is 0 Å². The third-order valence-electron chi connectivity index (χ3n) is 2.39. The summed E-state index contributed by atoms with van der Waals surface area (Å²) in [4.78, 5) is 11.0. The highest BCUT2D eigenvalue weighted by atomic mass is 19.2. The molecule has 0 bridgehead atoms. The van der Waals surface area contributed by atoms with E-state index in [9.17, 15) is 13.6 Å². The van der Waals surface area contributed by atoms with Crippen molar-refractivity contribution in [2.24, 2.45) is 0 Å². The van der Waals surface area contributed by atoms with E-state index in [2.05, 4.69) is 0 Å². The largest absolute Gasteiger partial charge is 0.478 e. The quantitative estimate of drug-likeness (QED) is 0.865. The molecule has 2 nitrogen and oxygen atoms in total. The van der Waals surface area contributed by atoms with Crippen molar-refractivity contribution in [3.05, 3.63) is 59.7 Å². The summed E-state index contributed by atoms with van der Waals surface area (Å²) in [7, 11) is 0. The van der Waals surface area contributed by atoms with Gasteiger partial charge < -0.3 is 5.11 Å². The molecule has 0 fully saturated rings. The van der Waals surface area contributed by atoms with Gasteiger partial charge in [0.25, 0.3) is 0 Å². The first-order chi connectivity index (χ1) is 8.11. The molecule has 2 aromatic carbocycles. The van der Waals surface area contributed by atoms with Gasteiger partial charge in [0.05, 0.1) is 0 Å². The molecule has 0 unspecified atom stereocenters. The van der Waals surface area contributed by atoms with E-state index in [1.807, 2.05) is 0 Å². The molecule has 0 aliphatic heterocycles. The van der Waals surface area contributed by atoms with Crippen LogP contribution in [0.2, 0.25) is 0 Å². The molecule has 2 rings (SSSR count). The van der Waals surface area contributed by atoms with Crippen molar-refractivity contribution in [1.82, 2.24) is 0 Å². The summed E-state index contributed by atoms with van der Waals surface area (Å²) in [5.74, 6) is -3.98. The van der Waals surface area contributed by atoms with Crippen LogP contribution < -0.4 is 0 Å². The highest BCUT2D eigenvalue weighted by Gasteiger charge is 2.20. The smallest absolute Gasteiger partial charge is 0.339 e. The number of hydrogen-bond donors (Lipinski definition) is 1. The van der Waals surface area contributed by atoms with Crippen LogP contribution in [0.1, 0.15) is 10.4 Å². The molecular formula is C13H8F2O2. The normalized spacial score (nSPS) is 10.2. The number of carboxylic acid groups (broad SMARTS) is 1. The van der Waals surface area contributed by atoms with E-state index in [1.165, 1.54) is 6.07 Å². The van der Waals surface area contributed by atoms with Crippen LogP contribution in [0.15, 0.2) is 42.5 Å². The predicted octanol–water partition coefficient (Wildman–Crippen LogP) is 3.33. The molecule has 86 valence electrons. The Morgan fingerprint density at radius 1 is 1.00 bits per heavy atom. The molecule has 0 amide bonds. The molecule has 0 spiro atoms. The second-order valence-electron chi connectivity index (χ2n) is 3.46. The van der Waals surface area contributed by atoms with Crippen LogP contribution in [0.5, 0.6) is 0 Å². The molecule has 0 saturated carbocycles. The van der Waals surface area contributed by atoms with Crippen LogP contribution in [0.4, 0.5) is 8.78 Å². The summed E-state index contributed by atoms with van der Waals surface area (Å²) in [6.07, 6.45) is 0. The van der Waals surface area contributed by atoms with E-state index in [4.69, 9.17) is 5.11 Å². The molecule has 1 N–H and O–H groups in total. The van der Waals surface area contributed by atoms with Crippen LogP contribution in [0.25, 0.3) is 11.1 Å². The molecule has 0 aromatic heterocycles. The molecular weight excluding hydrogens is 226 g/mol. The molecule has 0 saturated heterocycles. The Morgan fingerprint density at radius 2 is 1.65 bits per heavy atom. The van der Waals surface area contributed by atoms with Crippen LogP contribution in [-0.4, -0.2) is 11.1 Å². The Hall–Kier alpha value is -2.23. The average molecular weight is 234 g/mol. The van der Waals surface area contributed by atoms with Gasteiger partial charge in [0.2, 0.25) is 0 Å². The monoisotopic (exact) mass is 234 g/mol. The van der Waals surface area contributed by atoms with Crippen molar-refractivity contribution in [2.45, 2.75) is 0 Å². The summed E-state index contributed by atoms with van der Waals surface area (Å²) in [5, 5.41) is 8.93. The van der Waals surface area contributed by atoms with Crippen molar-refractivity contribution in [3.63, 3.8) is 0 Å². The fourth-order valence-corrected chi connectivity index (χ4v) is 1.62. The van der Waals surface area contributed by atoms with Crippen molar-refractivity contribution in [2.75, 3.05) is 0 Å². The lowest BCUT2D eigenvalue weighted by molar-refractivity contribution is 0.0691. The minimum Gasteiger partial charge on any atom is -0.478 e. The zero-order chi connectivity index (χ0) is 12.4. The van der Waals surface area contributed by atoms with Crippen molar-refractivity contribution >= 4 is 5.97 Å². The number of carbonyl (C=O) groups is 1. The van der Waals surface area contributed by atoms with Crippen LogP contribution in [0.3, 0.4) is 0 Å². The Kier molecular flexibility index (Phi) is 2.87. The maximum absolute atomic E-state index is 13.4. The molecule has 0 heterocycles. The molecule has 0 radical (unpaired) electrons. The van der Waals surface area contributed by atoms with E-state index in [0.717, 1.165) is 6.07 Å². The Morgan fingerprint density at radius 3 is 2.24 bits per heavy atom. The molecule has 0 aliphatic carbocycles. The minimum absolute atomic E-state index is 0.164. The molecule has 17 heavy (non-hydrogen) atoms. The SMILES string of the molecule is O=C(O)c1c(-c2ccccc2)ccc(F)c1F. The van der Waals surface area contributed by atoms with Gasteiger partial charge in [-0.3, -0.25) is 0 Å². The van der Waals surface area contributed by atoms with Crippen molar-refractivity contribution in [1.29, 1.82) is 0 Å². The van der Waals surface area contributed by atoms with Gasteiger partial charge in [-0.15, -0.1) is 0 Å². The molecule has 0 atom stereocenters. The zero-order valence-electron chi connectivity index (χ0n) is 8.65. The summed E-state index contributed by atoms with van der Waals surface area (Å²) in [5.41, 5.74) is 0.0528. The number of hydrogen-bond acceptors (Lipinski definition) is 1. The van der Waals surface area contributed by atoms with Crippen molar-refractivity contribution < 1.29 is 18.7 Å².